The van der Waals surface area contributed by atoms with Crippen LogP contribution in [0.4, 0.5) is 0 Å². The summed E-state index contributed by atoms with van der Waals surface area (Å²) in [5, 5.41) is 0. The molecule has 0 aromatic heterocycles. The molecule has 1 aliphatic heterocycles. The van der Waals surface area contributed by atoms with Gasteiger partial charge in [0.1, 0.15) is 0 Å². The van der Waals surface area contributed by atoms with Crippen molar-refractivity contribution in [1.82, 2.24) is 4.31 Å². The predicted molar refractivity (Wildman–Crippen MR) is 80.8 cm³/mol. The Kier molecular flexibility index (Phi) is 4.23. The number of nitrogens with two attached hydrogens (primary N) is 1. The van der Waals surface area contributed by atoms with Gasteiger partial charge in [0.25, 0.3) is 0 Å². The van der Waals surface area contributed by atoms with Crippen molar-refractivity contribution in [2.75, 3.05) is 13.1 Å². The molecule has 5 heteroatoms. The maximum atomic E-state index is 12.8. The van der Waals surface area contributed by atoms with Crippen LogP contribution in [0.15, 0.2) is 23.1 Å². The molecule has 20 heavy (non-hydrogen) atoms. The standard InChI is InChI=1S/C15H24N2O2S/c1-12-13(11-16)5-4-6-14(12)20(18,19)17-9-7-15(2,3)8-10-17/h4-6H,7-11,16H2,1-3H3. The highest BCUT2D eigenvalue weighted by Crippen LogP contribution is 2.33. The summed E-state index contributed by atoms with van der Waals surface area (Å²) in [5.74, 6) is 0. The molecule has 0 aliphatic carbocycles. The molecule has 0 saturated carbocycles. The van der Waals surface area contributed by atoms with Gasteiger partial charge in [0.2, 0.25) is 10.0 Å². The van der Waals surface area contributed by atoms with Crippen molar-refractivity contribution < 1.29 is 8.42 Å². The van der Waals surface area contributed by atoms with Crippen LogP contribution < -0.4 is 5.73 Å². The molecule has 0 amide bonds. The lowest BCUT2D eigenvalue weighted by Crippen LogP contribution is -2.41. The minimum absolute atomic E-state index is 0.236. The van der Waals surface area contributed by atoms with Gasteiger partial charge in [0, 0.05) is 19.6 Å². The van der Waals surface area contributed by atoms with E-state index in [1.54, 1.807) is 16.4 Å². The Morgan fingerprint density at radius 3 is 2.40 bits per heavy atom. The molecule has 1 aliphatic rings. The van der Waals surface area contributed by atoms with Crippen molar-refractivity contribution in [1.29, 1.82) is 0 Å². The van der Waals surface area contributed by atoms with Crippen LogP contribution in [-0.2, 0) is 16.6 Å². The fourth-order valence-corrected chi connectivity index (χ4v) is 4.34. The van der Waals surface area contributed by atoms with Gasteiger partial charge in [0.05, 0.1) is 4.90 Å². The highest BCUT2D eigenvalue weighted by Gasteiger charge is 2.33. The quantitative estimate of drug-likeness (QED) is 0.930. The lowest BCUT2D eigenvalue weighted by molar-refractivity contribution is 0.196. The molecular formula is C15H24N2O2S. The summed E-state index contributed by atoms with van der Waals surface area (Å²) in [6, 6.07) is 5.34. The van der Waals surface area contributed by atoms with Gasteiger partial charge in [-0.3, -0.25) is 0 Å². The van der Waals surface area contributed by atoms with Gasteiger partial charge in [-0.1, -0.05) is 26.0 Å². The summed E-state index contributed by atoms with van der Waals surface area (Å²) in [5.41, 5.74) is 7.57. The van der Waals surface area contributed by atoms with Crippen LogP contribution in [0.2, 0.25) is 0 Å². The monoisotopic (exact) mass is 296 g/mol. The second kappa shape index (κ2) is 5.47. The lowest BCUT2D eigenvalue weighted by atomic mass is 9.83. The smallest absolute Gasteiger partial charge is 0.243 e. The van der Waals surface area contributed by atoms with E-state index in [4.69, 9.17) is 5.73 Å². The van der Waals surface area contributed by atoms with Crippen molar-refractivity contribution in [3.05, 3.63) is 29.3 Å². The normalized spacial score (nSPS) is 20.0. The lowest BCUT2D eigenvalue weighted by Gasteiger charge is -2.36. The van der Waals surface area contributed by atoms with Crippen molar-refractivity contribution >= 4 is 10.0 Å². The van der Waals surface area contributed by atoms with Gasteiger partial charge in [-0.05, 0) is 42.4 Å². The Morgan fingerprint density at radius 1 is 1.25 bits per heavy atom. The number of benzene rings is 1. The number of piperidine rings is 1. The Morgan fingerprint density at radius 2 is 1.85 bits per heavy atom. The number of hydrogen-bond acceptors (Lipinski definition) is 3. The van der Waals surface area contributed by atoms with Crippen LogP contribution in [0, 0.1) is 12.3 Å². The van der Waals surface area contributed by atoms with E-state index in [2.05, 4.69) is 13.8 Å². The van der Waals surface area contributed by atoms with E-state index in [0.29, 0.717) is 24.5 Å². The van der Waals surface area contributed by atoms with Crippen molar-refractivity contribution in [2.45, 2.75) is 45.1 Å². The summed E-state index contributed by atoms with van der Waals surface area (Å²) in [4.78, 5) is 0.403. The maximum absolute atomic E-state index is 12.8. The first kappa shape index (κ1) is 15.5. The molecule has 0 unspecified atom stereocenters. The zero-order valence-electron chi connectivity index (χ0n) is 12.5. The third kappa shape index (κ3) is 2.90. The second-order valence-corrected chi connectivity index (χ2v) is 8.22. The molecule has 0 bridgehead atoms. The van der Waals surface area contributed by atoms with E-state index in [0.717, 1.165) is 24.0 Å². The van der Waals surface area contributed by atoms with E-state index < -0.39 is 10.0 Å². The maximum Gasteiger partial charge on any atom is 0.243 e. The summed E-state index contributed by atoms with van der Waals surface area (Å²) in [7, 11) is -3.40. The van der Waals surface area contributed by atoms with Crippen LogP contribution in [-0.4, -0.2) is 25.8 Å². The molecule has 1 saturated heterocycles. The first-order chi connectivity index (χ1) is 9.28. The van der Waals surface area contributed by atoms with Crippen LogP contribution in [0.5, 0.6) is 0 Å². The van der Waals surface area contributed by atoms with E-state index >= 15 is 0 Å². The fourth-order valence-electron chi connectivity index (χ4n) is 2.63. The third-order valence-corrected chi connectivity index (χ3v) is 6.35. The molecule has 1 aromatic rings. The first-order valence-corrected chi connectivity index (χ1v) is 8.51. The van der Waals surface area contributed by atoms with E-state index in [-0.39, 0.29) is 5.41 Å². The molecule has 4 nitrogen and oxygen atoms in total. The third-order valence-electron chi connectivity index (χ3n) is 4.31. The van der Waals surface area contributed by atoms with Crippen LogP contribution in [0.25, 0.3) is 0 Å². The van der Waals surface area contributed by atoms with Crippen molar-refractivity contribution in [2.24, 2.45) is 11.1 Å². The van der Waals surface area contributed by atoms with Gasteiger partial charge in [-0.15, -0.1) is 0 Å². The Bertz CT molecular complexity index is 584. The highest BCUT2D eigenvalue weighted by atomic mass is 32.2. The number of hydrogen-bond donors (Lipinski definition) is 1. The average molecular weight is 296 g/mol. The van der Waals surface area contributed by atoms with Gasteiger partial charge < -0.3 is 5.73 Å². The molecule has 1 aromatic carbocycles. The van der Waals surface area contributed by atoms with E-state index in [1.165, 1.54) is 0 Å². The molecule has 1 fully saturated rings. The molecule has 2 N–H and O–H groups in total. The van der Waals surface area contributed by atoms with E-state index in [9.17, 15) is 8.42 Å². The molecule has 0 atom stereocenters. The Labute approximate surface area is 122 Å². The zero-order valence-corrected chi connectivity index (χ0v) is 13.3. The molecule has 2 rings (SSSR count). The Balaban J connectivity index is 2.32. The van der Waals surface area contributed by atoms with Gasteiger partial charge in [-0.25, -0.2) is 8.42 Å². The summed E-state index contributed by atoms with van der Waals surface area (Å²) in [6.07, 6.45) is 1.81. The number of nitrogens with zero attached hydrogens (tertiary/aromatic N) is 1. The zero-order chi connectivity index (χ0) is 15.0. The molecule has 0 spiro atoms. The highest BCUT2D eigenvalue weighted by molar-refractivity contribution is 7.89. The fraction of sp³-hybridized carbons (Fsp3) is 0.600. The van der Waals surface area contributed by atoms with Crippen molar-refractivity contribution in [3.8, 4) is 0 Å². The number of sulfonamides is 1. The molecule has 112 valence electrons. The predicted octanol–water partition coefficient (Wildman–Crippen LogP) is 2.26. The van der Waals surface area contributed by atoms with Gasteiger partial charge in [0.15, 0.2) is 0 Å². The SMILES string of the molecule is Cc1c(CN)cccc1S(=O)(=O)N1CCC(C)(C)CC1. The topological polar surface area (TPSA) is 63.4 Å². The van der Waals surface area contributed by atoms with Crippen LogP contribution in [0.3, 0.4) is 0 Å². The minimum atomic E-state index is -3.40. The van der Waals surface area contributed by atoms with Gasteiger partial charge >= 0.3 is 0 Å². The first-order valence-electron chi connectivity index (χ1n) is 7.07. The largest absolute Gasteiger partial charge is 0.326 e. The summed E-state index contributed by atoms with van der Waals surface area (Å²) >= 11 is 0. The second-order valence-electron chi connectivity index (χ2n) is 6.31. The molecular weight excluding hydrogens is 272 g/mol. The molecule has 1 heterocycles. The van der Waals surface area contributed by atoms with Crippen LogP contribution >= 0.6 is 0 Å². The average Bonchev–Trinajstić information content (AvgIpc) is 2.38. The minimum Gasteiger partial charge on any atom is -0.326 e. The summed E-state index contributed by atoms with van der Waals surface area (Å²) < 4.78 is 27.2. The molecule has 0 radical (unpaired) electrons. The summed E-state index contributed by atoms with van der Waals surface area (Å²) in [6.45, 7) is 7.78. The van der Waals surface area contributed by atoms with Crippen molar-refractivity contribution in [3.63, 3.8) is 0 Å². The van der Waals surface area contributed by atoms with Crippen LogP contribution in [0.1, 0.15) is 37.8 Å². The number of rotatable bonds is 3. The Hall–Kier alpha value is -0.910. The van der Waals surface area contributed by atoms with E-state index in [1.807, 2.05) is 13.0 Å². The van der Waals surface area contributed by atoms with Gasteiger partial charge in [-0.2, -0.15) is 4.31 Å².